The zero-order valence-corrected chi connectivity index (χ0v) is 14.9. The Balaban J connectivity index is 1.72. The van der Waals surface area contributed by atoms with E-state index in [9.17, 15) is 4.79 Å². The highest BCUT2D eigenvalue weighted by Crippen LogP contribution is 2.28. The first-order valence-corrected chi connectivity index (χ1v) is 8.57. The number of aryl methyl sites for hydroxylation is 1. The van der Waals surface area contributed by atoms with Crippen LogP contribution in [0.5, 0.6) is 0 Å². The number of carbonyl (C=O) groups is 1. The van der Waals surface area contributed by atoms with Crippen molar-refractivity contribution in [3.05, 3.63) is 59.8 Å². The molecule has 2 heterocycles. The summed E-state index contributed by atoms with van der Waals surface area (Å²) in [4.78, 5) is 15.4. The number of nitrogens with zero attached hydrogens (tertiary/aromatic N) is 3. The van der Waals surface area contributed by atoms with Crippen molar-refractivity contribution >= 4 is 17.2 Å². The predicted octanol–water partition coefficient (Wildman–Crippen LogP) is 5.06. The van der Waals surface area contributed by atoms with Gasteiger partial charge in [0.25, 0.3) is 5.89 Å². The van der Waals surface area contributed by atoms with Crippen molar-refractivity contribution in [1.82, 2.24) is 14.7 Å². The summed E-state index contributed by atoms with van der Waals surface area (Å²) >= 11 is 0. The van der Waals surface area contributed by atoms with Crippen molar-refractivity contribution in [2.75, 3.05) is 0 Å². The minimum Gasteiger partial charge on any atom is -0.345 e. The van der Waals surface area contributed by atoms with Gasteiger partial charge in [-0.2, -0.15) is 4.98 Å². The molecular formula is C21H19N3O2. The lowest BCUT2D eigenvalue weighted by Crippen LogP contribution is -1.97. The molecule has 130 valence electrons. The third kappa shape index (κ3) is 2.71. The minimum atomic E-state index is 0.408. The Morgan fingerprint density at radius 3 is 2.69 bits per heavy atom. The lowest BCUT2D eigenvalue weighted by atomic mass is 10.1. The van der Waals surface area contributed by atoms with E-state index in [1.54, 1.807) is 6.07 Å². The zero-order chi connectivity index (χ0) is 18.3. The maximum atomic E-state index is 10.9. The molecule has 0 unspecified atom stereocenters. The van der Waals surface area contributed by atoms with Crippen molar-refractivity contribution in [3.63, 3.8) is 0 Å². The number of carbonyl (C=O) groups excluding carboxylic acids is 1. The van der Waals surface area contributed by atoms with Gasteiger partial charge < -0.3 is 9.09 Å². The average molecular weight is 345 g/mol. The third-order valence-corrected chi connectivity index (χ3v) is 4.58. The molecule has 0 saturated carbocycles. The summed E-state index contributed by atoms with van der Waals surface area (Å²) in [5.41, 5.74) is 4.50. The topological polar surface area (TPSA) is 60.9 Å². The second-order valence-electron chi connectivity index (χ2n) is 6.71. The summed E-state index contributed by atoms with van der Waals surface area (Å²) in [6.45, 7) is 6.25. The van der Waals surface area contributed by atoms with Crippen molar-refractivity contribution in [2.45, 2.75) is 26.8 Å². The summed E-state index contributed by atoms with van der Waals surface area (Å²) < 4.78 is 7.71. The highest BCUT2D eigenvalue weighted by atomic mass is 16.5. The van der Waals surface area contributed by atoms with Crippen molar-refractivity contribution in [1.29, 1.82) is 0 Å². The molecule has 0 atom stereocenters. The third-order valence-electron chi connectivity index (χ3n) is 4.58. The molecule has 5 heteroatoms. The first kappa shape index (κ1) is 16.3. The second-order valence-corrected chi connectivity index (χ2v) is 6.71. The fourth-order valence-corrected chi connectivity index (χ4v) is 3.21. The Kier molecular flexibility index (Phi) is 3.92. The monoisotopic (exact) mass is 345 g/mol. The van der Waals surface area contributed by atoms with Gasteiger partial charge in [-0.15, -0.1) is 0 Å². The van der Waals surface area contributed by atoms with Gasteiger partial charge in [0.1, 0.15) is 6.29 Å². The van der Waals surface area contributed by atoms with Gasteiger partial charge in [-0.1, -0.05) is 17.3 Å². The second kappa shape index (κ2) is 6.26. The van der Waals surface area contributed by atoms with E-state index in [1.807, 2.05) is 25.1 Å². The minimum absolute atomic E-state index is 0.408. The standard InChI is InChI=1S/C21H19N3O2/c1-13(2)24-9-8-16-11-17(5-7-19(16)24)21-22-20(23-26-21)18-6-4-15(12-25)10-14(18)3/h4-13H,1-3H3. The molecule has 4 aromatic rings. The highest BCUT2D eigenvalue weighted by Gasteiger charge is 2.14. The van der Waals surface area contributed by atoms with Crippen LogP contribution in [0.4, 0.5) is 0 Å². The number of aromatic nitrogens is 3. The van der Waals surface area contributed by atoms with Gasteiger partial charge in [0.05, 0.1) is 0 Å². The molecular weight excluding hydrogens is 326 g/mol. The van der Waals surface area contributed by atoms with Crippen LogP contribution in [0.3, 0.4) is 0 Å². The number of fused-ring (bicyclic) bond motifs is 1. The molecule has 0 aliphatic carbocycles. The van der Waals surface area contributed by atoms with E-state index in [4.69, 9.17) is 4.52 Å². The van der Waals surface area contributed by atoms with Crippen molar-refractivity contribution in [3.8, 4) is 22.8 Å². The van der Waals surface area contributed by atoms with Crippen LogP contribution in [0, 0.1) is 6.92 Å². The SMILES string of the molecule is Cc1cc(C=O)ccc1-c1noc(-c2ccc3c(ccn3C(C)C)c2)n1. The van der Waals surface area contributed by atoms with Gasteiger partial charge >= 0.3 is 0 Å². The largest absolute Gasteiger partial charge is 0.345 e. The van der Waals surface area contributed by atoms with Crippen LogP contribution in [-0.4, -0.2) is 21.0 Å². The molecule has 0 aliphatic rings. The molecule has 0 N–H and O–H groups in total. The van der Waals surface area contributed by atoms with Crippen LogP contribution in [-0.2, 0) is 0 Å². The molecule has 26 heavy (non-hydrogen) atoms. The van der Waals surface area contributed by atoms with Gasteiger partial charge in [-0.05, 0) is 56.7 Å². The van der Waals surface area contributed by atoms with E-state index in [1.165, 1.54) is 5.52 Å². The first-order chi connectivity index (χ1) is 12.6. The average Bonchev–Trinajstić information content (AvgIpc) is 3.28. The molecule has 0 bridgehead atoms. The first-order valence-electron chi connectivity index (χ1n) is 8.57. The van der Waals surface area contributed by atoms with Crippen molar-refractivity contribution < 1.29 is 9.32 Å². The molecule has 4 rings (SSSR count). The van der Waals surface area contributed by atoms with Gasteiger partial charge in [0, 0.05) is 39.8 Å². The van der Waals surface area contributed by atoms with Crippen molar-refractivity contribution in [2.24, 2.45) is 0 Å². The smallest absolute Gasteiger partial charge is 0.258 e. The van der Waals surface area contributed by atoms with E-state index in [0.717, 1.165) is 28.4 Å². The van der Waals surface area contributed by atoms with Gasteiger partial charge in [0.2, 0.25) is 5.82 Å². The summed E-state index contributed by atoms with van der Waals surface area (Å²) in [6, 6.07) is 14.1. The van der Waals surface area contributed by atoms with E-state index in [-0.39, 0.29) is 0 Å². The molecule has 0 saturated heterocycles. The fraction of sp³-hybridized carbons (Fsp3) is 0.190. The molecule has 2 aromatic heterocycles. The van der Waals surface area contributed by atoms with Gasteiger partial charge in [0.15, 0.2) is 0 Å². The predicted molar refractivity (Wildman–Crippen MR) is 101 cm³/mol. The molecule has 5 nitrogen and oxygen atoms in total. The molecule has 0 radical (unpaired) electrons. The maximum absolute atomic E-state index is 10.9. The molecule has 0 fully saturated rings. The Bertz CT molecular complexity index is 1110. The van der Waals surface area contributed by atoms with Gasteiger partial charge in [-0.25, -0.2) is 0 Å². The summed E-state index contributed by atoms with van der Waals surface area (Å²) in [5.74, 6) is 1.01. The maximum Gasteiger partial charge on any atom is 0.258 e. The Morgan fingerprint density at radius 2 is 1.96 bits per heavy atom. The van der Waals surface area contributed by atoms with Crippen LogP contribution in [0.1, 0.15) is 35.8 Å². The number of aldehydes is 1. The number of hydrogen-bond donors (Lipinski definition) is 0. The number of hydrogen-bond acceptors (Lipinski definition) is 4. The fourth-order valence-electron chi connectivity index (χ4n) is 3.21. The van der Waals surface area contributed by atoms with E-state index in [0.29, 0.717) is 23.3 Å². The Morgan fingerprint density at radius 1 is 1.12 bits per heavy atom. The van der Waals surface area contributed by atoms with Crippen LogP contribution in [0.25, 0.3) is 33.7 Å². The lowest BCUT2D eigenvalue weighted by molar-refractivity contribution is 0.112. The van der Waals surface area contributed by atoms with E-state index >= 15 is 0 Å². The quantitative estimate of drug-likeness (QED) is 0.485. The van der Waals surface area contributed by atoms with E-state index in [2.05, 4.69) is 53.0 Å². The van der Waals surface area contributed by atoms with E-state index < -0.39 is 0 Å². The molecule has 2 aromatic carbocycles. The lowest BCUT2D eigenvalue weighted by Gasteiger charge is -2.09. The Labute approximate surface area is 151 Å². The van der Waals surface area contributed by atoms with Gasteiger partial charge in [-0.3, -0.25) is 4.79 Å². The number of rotatable bonds is 4. The van der Waals surface area contributed by atoms with Crippen LogP contribution in [0.2, 0.25) is 0 Å². The molecule has 0 spiro atoms. The summed E-state index contributed by atoms with van der Waals surface area (Å²) in [5, 5.41) is 5.25. The van der Waals surface area contributed by atoms with Crippen LogP contribution < -0.4 is 0 Å². The number of benzene rings is 2. The highest BCUT2D eigenvalue weighted by molar-refractivity contribution is 5.84. The van der Waals surface area contributed by atoms with Crippen LogP contribution >= 0.6 is 0 Å². The summed E-state index contributed by atoms with van der Waals surface area (Å²) in [7, 11) is 0. The molecule has 0 aliphatic heterocycles. The molecule has 0 amide bonds. The normalized spacial score (nSPS) is 11.4. The zero-order valence-electron chi connectivity index (χ0n) is 14.9. The summed E-state index contributed by atoms with van der Waals surface area (Å²) in [6.07, 6.45) is 2.92. The van der Waals surface area contributed by atoms with Crippen LogP contribution in [0.15, 0.2) is 53.2 Å². The Hall–Kier alpha value is -3.21.